The van der Waals surface area contributed by atoms with E-state index in [0.29, 0.717) is 0 Å². The SMILES string of the molecule is CC(C)C(=O)Oc1cc(C(=O)CN(C)C(=O)OCc2ccccc2)ccc1OS(=O)(=O)N(C)C. The second-order valence-corrected chi connectivity index (χ2v) is 9.63. The Morgan fingerprint density at radius 2 is 1.59 bits per heavy atom. The summed E-state index contributed by atoms with van der Waals surface area (Å²) in [6.45, 7) is 2.94. The van der Waals surface area contributed by atoms with Crippen LogP contribution in [0.3, 0.4) is 0 Å². The number of hydrogen-bond acceptors (Lipinski definition) is 8. The molecule has 34 heavy (non-hydrogen) atoms. The Kier molecular flexibility index (Phi) is 9.16. The van der Waals surface area contributed by atoms with Gasteiger partial charge in [-0.2, -0.15) is 12.7 Å². The molecule has 0 aliphatic carbocycles. The molecule has 2 aromatic rings. The number of likely N-dealkylation sites (N-methyl/N-ethyl adjacent to an activating group) is 1. The summed E-state index contributed by atoms with van der Waals surface area (Å²) in [6, 6.07) is 12.8. The molecular formula is C23H28N2O8S. The van der Waals surface area contributed by atoms with E-state index in [9.17, 15) is 22.8 Å². The monoisotopic (exact) mass is 492 g/mol. The summed E-state index contributed by atoms with van der Waals surface area (Å²) in [7, 11) is -0.171. The first kappa shape index (κ1) is 26.8. The normalized spacial score (nSPS) is 11.3. The van der Waals surface area contributed by atoms with Crippen LogP contribution in [0.25, 0.3) is 0 Å². The van der Waals surface area contributed by atoms with Crippen molar-refractivity contribution in [3.8, 4) is 11.5 Å². The number of esters is 1. The van der Waals surface area contributed by atoms with Gasteiger partial charge in [0.1, 0.15) is 6.61 Å². The van der Waals surface area contributed by atoms with Crippen LogP contribution in [0.4, 0.5) is 4.79 Å². The van der Waals surface area contributed by atoms with E-state index in [4.69, 9.17) is 13.7 Å². The van der Waals surface area contributed by atoms with Gasteiger partial charge in [0.05, 0.1) is 12.5 Å². The smallest absolute Gasteiger partial charge is 0.410 e. The first-order chi connectivity index (χ1) is 15.9. The minimum absolute atomic E-state index is 0.0554. The Morgan fingerprint density at radius 1 is 0.941 bits per heavy atom. The van der Waals surface area contributed by atoms with Crippen molar-refractivity contribution in [1.29, 1.82) is 0 Å². The van der Waals surface area contributed by atoms with Crippen molar-refractivity contribution < 1.29 is 36.5 Å². The van der Waals surface area contributed by atoms with E-state index in [0.717, 1.165) is 14.8 Å². The van der Waals surface area contributed by atoms with Gasteiger partial charge in [0, 0.05) is 26.7 Å². The first-order valence-corrected chi connectivity index (χ1v) is 11.7. The molecule has 0 aromatic heterocycles. The summed E-state index contributed by atoms with van der Waals surface area (Å²) < 4.78 is 40.6. The molecule has 0 unspecified atom stereocenters. The van der Waals surface area contributed by atoms with E-state index in [1.165, 1.54) is 39.3 Å². The Bertz CT molecular complexity index is 1130. The number of benzene rings is 2. The fourth-order valence-corrected chi connectivity index (χ4v) is 2.96. The van der Waals surface area contributed by atoms with Crippen LogP contribution in [-0.2, 0) is 26.4 Å². The van der Waals surface area contributed by atoms with Crippen LogP contribution in [-0.4, -0.2) is 63.2 Å². The van der Waals surface area contributed by atoms with Crippen molar-refractivity contribution in [2.45, 2.75) is 20.5 Å². The Morgan fingerprint density at radius 3 is 2.18 bits per heavy atom. The molecule has 184 valence electrons. The van der Waals surface area contributed by atoms with Gasteiger partial charge in [-0.1, -0.05) is 44.2 Å². The standard InChI is InChI=1S/C23H28N2O8S/c1-16(2)22(27)32-21-13-18(11-12-20(21)33-34(29,30)24(3)4)19(26)14-25(5)23(28)31-15-17-9-7-6-8-10-17/h6-13,16H,14-15H2,1-5H3. The third-order valence-corrected chi connectivity index (χ3v) is 5.77. The molecule has 0 heterocycles. The number of carbonyl (C=O) groups excluding carboxylic acids is 3. The van der Waals surface area contributed by atoms with E-state index in [-0.39, 0.29) is 30.2 Å². The van der Waals surface area contributed by atoms with E-state index >= 15 is 0 Å². The minimum atomic E-state index is -4.13. The number of amides is 1. The van der Waals surface area contributed by atoms with Gasteiger partial charge < -0.3 is 18.6 Å². The molecule has 0 radical (unpaired) electrons. The average Bonchev–Trinajstić information content (AvgIpc) is 2.78. The van der Waals surface area contributed by atoms with Gasteiger partial charge in [0.15, 0.2) is 17.3 Å². The van der Waals surface area contributed by atoms with E-state index in [1.807, 2.05) is 18.2 Å². The molecule has 0 bridgehead atoms. The zero-order valence-corrected chi connectivity index (χ0v) is 20.5. The van der Waals surface area contributed by atoms with E-state index < -0.39 is 34.1 Å². The Balaban J connectivity index is 2.16. The summed E-state index contributed by atoms with van der Waals surface area (Å²) in [5.41, 5.74) is 0.888. The van der Waals surface area contributed by atoms with Crippen LogP contribution in [0, 0.1) is 5.92 Å². The number of ketones is 1. The third-order valence-electron chi connectivity index (χ3n) is 4.49. The molecule has 0 aliphatic rings. The lowest BCUT2D eigenvalue weighted by atomic mass is 10.1. The third kappa shape index (κ3) is 7.56. The molecule has 0 spiro atoms. The molecule has 0 N–H and O–H groups in total. The van der Waals surface area contributed by atoms with Crippen LogP contribution < -0.4 is 8.92 Å². The topological polar surface area (TPSA) is 120 Å². The lowest BCUT2D eigenvalue weighted by Crippen LogP contribution is -2.32. The second kappa shape index (κ2) is 11.6. The highest BCUT2D eigenvalue weighted by Crippen LogP contribution is 2.31. The highest BCUT2D eigenvalue weighted by atomic mass is 32.2. The van der Waals surface area contributed by atoms with Gasteiger partial charge in [0.2, 0.25) is 0 Å². The van der Waals surface area contributed by atoms with Crippen molar-refractivity contribution in [1.82, 2.24) is 9.21 Å². The van der Waals surface area contributed by atoms with Crippen LogP contribution in [0.15, 0.2) is 48.5 Å². The largest absolute Gasteiger partial charge is 0.445 e. The van der Waals surface area contributed by atoms with Gasteiger partial charge in [-0.3, -0.25) is 9.59 Å². The predicted octanol–water partition coefficient (Wildman–Crippen LogP) is 2.88. The van der Waals surface area contributed by atoms with Gasteiger partial charge >= 0.3 is 22.4 Å². The van der Waals surface area contributed by atoms with Crippen molar-refractivity contribution in [3.05, 3.63) is 59.7 Å². The molecule has 11 heteroatoms. The van der Waals surface area contributed by atoms with Crippen LogP contribution in [0.2, 0.25) is 0 Å². The fourth-order valence-electron chi connectivity index (χ4n) is 2.45. The summed E-state index contributed by atoms with van der Waals surface area (Å²) in [6.07, 6.45) is -0.694. The number of ether oxygens (including phenoxy) is 2. The molecule has 0 saturated carbocycles. The summed E-state index contributed by atoms with van der Waals surface area (Å²) in [5, 5.41) is 0. The first-order valence-electron chi connectivity index (χ1n) is 10.3. The number of rotatable bonds is 10. The zero-order valence-electron chi connectivity index (χ0n) is 19.7. The lowest BCUT2D eigenvalue weighted by molar-refractivity contribution is -0.137. The maximum Gasteiger partial charge on any atom is 0.410 e. The van der Waals surface area contributed by atoms with Crippen LogP contribution in [0.5, 0.6) is 11.5 Å². The van der Waals surface area contributed by atoms with Crippen molar-refractivity contribution >= 4 is 28.1 Å². The van der Waals surface area contributed by atoms with Crippen molar-refractivity contribution in [2.24, 2.45) is 5.92 Å². The van der Waals surface area contributed by atoms with Crippen LogP contribution >= 0.6 is 0 Å². The molecule has 1 amide bonds. The number of carbonyl (C=O) groups is 3. The number of nitrogens with zero attached hydrogens (tertiary/aromatic N) is 2. The zero-order chi connectivity index (χ0) is 25.5. The second-order valence-electron chi connectivity index (χ2n) is 7.88. The van der Waals surface area contributed by atoms with Crippen LogP contribution in [0.1, 0.15) is 29.8 Å². The quantitative estimate of drug-likeness (QED) is 0.282. The molecule has 0 saturated heterocycles. The summed E-state index contributed by atoms with van der Waals surface area (Å²) >= 11 is 0. The Hall–Kier alpha value is -3.44. The molecule has 10 nitrogen and oxygen atoms in total. The molecule has 2 rings (SSSR count). The van der Waals surface area contributed by atoms with Gasteiger partial charge in [-0.05, 0) is 23.8 Å². The Labute approximate surface area is 199 Å². The number of Topliss-reactive ketones (excluding diaryl/α,β-unsaturated/α-hetero) is 1. The predicted molar refractivity (Wildman–Crippen MR) is 124 cm³/mol. The van der Waals surface area contributed by atoms with E-state index in [1.54, 1.807) is 26.0 Å². The summed E-state index contributed by atoms with van der Waals surface area (Å²) in [4.78, 5) is 38.2. The van der Waals surface area contributed by atoms with Crippen molar-refractivity contribution in [2.75, 3.05) is 27.7 Å². The minimum Gasteiger partial charge on any atom is -0.445 e. The number of hydrogen-bond donors (Lipinski definition) is 0. The lowest BCUT2D eigenvalue weighted by Gasteiger charge is -2.18. The fraction of sp³-hybridized carbons (Fsp3) is 0.348. The molecule has 2 aromatic carbocycles. The molecule has 0 atom stereocenters. The maximum atomic E-state index is 12.8. The van der Waals surface area contributed by atoms with Gasteiger partial charge in [-0.25, -0.2) is 4.79 Å². The molecule has 0 aliphatic heterocycles. The summed E-state index contributed by atoms with van der Waals surface area (Å²) in [5.74, 6) is -2.12. The highest BCUT2D eigenvalue weighted by Gasteiger charge is 2.23. The maximum absolute atomic E-state index is 12.8. The highest BCUT2D eigenvalue weighted by molar-refractivity contribution is 7.84. The average molecular weight is 493 g/mol. The van der Waals surface area contributed by atoms with Gasteiger partial charge in [0.25, 0.3) is 0 Å². The van der Waals surface area contributed by atoms with Crippen molar-refractivity contribution in [3.63, 3.8) is 0 Å². The van der Waals surface area contributed by atoms with Gasteiger partial charge in [-0.15, -0.1) is 0 Å². The van der Waals surface area contributed by atoms with E-state index in [2.05, 4.69) is 0 Å². The molecule has 0 fully saturated rings. The molecular weight excluding hydrogens is 464 g/mol.